The van der Waals surface area contributed by atoms with Crippen molar-refractivity contribution in [3.63, 3.8) is 0 Å². The Hall–Kier alpha value is -0.660. The maximum Gasteiger partial charge on any atom is 0.146 e. The van der Waals surface area contributed by atoms with Crippen molar-refractivity contribution in [1.29, 1.82) is 0 Å². The summed E-state index contributed by atoms with van der Waals surface area (Å²) in [6, 6.07) is 0. The van der Waals surface area contributed by atoms with Gasteiger partial charge in [-0.25, -0.2) is 0 Å². The minimum Gasteiger partial charge on any atom is -0.299 e. The number of ketones is 2. The Morgan fingerprint density at radius 1 is 1.08 bits per heavy atom. The van der Waals surface area contributed by atoms with Gasteiger partial charge in [0.25, 0.3) is 0 Å². The van der Waals surface area contributed by atoms with Gasteiger partial charge in [0.2, 0.25) is 0 Å². The maximum absolute atomic E-state index is 11.8. The Morgan fingerprint density at radius 2 is 1.77 bits per heavy atom. The van der Waals surface area contributed by atoms with Crippen LogP contribution in [0.4, 0.5) is 0 Å². The van der Waals surface area contributed by atoms with Crippen LogP contribution in [0.25, 0.3) is 0 Å². The second-order valence-electron chi connectivity index (χ2n) is 4.53. The van der Waals surface area contributed by atoms with Crippen LogP contribution >= 0.6 is 0 Å². The molecule has 0 aromatic carbocycles. The molecule has 0 N–H and O–H groups in total. The minimum absolute atomic E-state index is 0.199. The van der Waals surface area contributed by atoms with Gasteiger partial charge in [-0.3, -0.25) is 9.59 Å². The summed E-state index contributed by atoms with van der Waals surface area (Å²) in [5.74, 6) is 0.761. The molecular formula is C11H16O2. The van der Waals surface area contributed by atoms with Gasteiger partial charge in [0.05, 0.1) is 5.41 Å². The lowest BCUT2D eigenvalue weighted by atomic mass is 9.74. The Kier molecular flexibility index (Phi) is 2.01. The van der Waals surface area contributed by atoms with E-state index in [1.807, 2.05) is 6.92 Å². The average molecular weight is 180 g/mol. The van der Waals surface area contributed by atoms with Crippen molar-refractivity contribution in [2.24, 2.45) is 11.3 Å². The van der Waals surface area contributed by atoms with Crippen LogP contribution in [0.2, 0.25) is 0 Å². The van der Waals surface area contributed by atoms with E-state index in [1.54, 1.807) is 0 Å². The standard InChI is InChI=1S/C11H16O2/c1-11-8(6-7-10(11)13)4-2-3-5-9(11)12/h8H,2-7H2,1H3/t8-,11+/m0/s1. The predicted molar refractivity (Wildman–Crippen MR) is 49.3 cm³/mol. The fourth-order valence-corrected chi connectivity index (χ4v) is 2.83. The molecule has 2 rings (SSSR count). The van der Waals surface area contributed by atoms with Gasteiger partial charge in [-0.15, -0.1) is 0 Å². The van der Waals surface area contributed by atoms with Crippen molar-refractivity contribution < 1.29 is 9.59 Å². The molecule has 0 amide bonds. The molecule has 72 valence electrons. The molecule has 13 heavy (non-hydrogen) atoms. The number of carbonyl (C=O) groups excluding carboxylic acids is 2. The van der Waals surface area contributed by atoms with Crippen LogP contribution in [0.5, 0.6) is 0 Å². The molecule has 0 bridgehead atoms. The summed E-state index contributed by atoms with van der Waals surface area (Å²) in [5.41, 5.74) is -0.587. The molecule has 0 aromatic heterocycles. The fourth-order valence-electron chi connectivity index (χ4n) is 2.83. The lowest BCUT2D eigenvalue weighted by molar-refractivity contribution is -0.139. The molecule has 0 aliphatic heterocycles. The lowest BCUT2D eigenvalue weighted by Crippen LogP contribution is -2.36. The Bertz CT molecular complexity index is 257. The maximum atomic E-state index is 11.8. The summed E-state index contributed by atoms with van der Waals surface area (Å²) in [5, 5.41) is 0. The van der Waals surface area contributed by atoms with Crippen LogP contribution in [0.1, 0.15) is 45.4 Å². The predicted octanol–water partition coefficient (Wildman–Crippen LogP) is 2.11. The Balaban J connectivity index is 2.34. The summed E-state index contributed by atoms with van der Waals surface area (Å²) >= 11 is 0. The molecule has 0 unspecified atom stereocenters. The van der Waals surface area contributed by atoms with Gasteiger partial charge in [-0.1, -0.05) is 6.42 Å². The topological polar surface area (TPSA) is 34.1 Å². The highest BCUT2D eigenvalue weighted by atomic mass is 16.2. The Morgan fingerprint density at radius 3 is 2.54 bits per heavy atom. The van der Waals surface area contributed by atoms with Gasteiger partial charge in [-0.2, -0.15) is 0 Å². The van der Waals surface area contributed by atoms with E-state index in [2.05, 4.69) is 0 Å². The molecule has 0 saturated heterocycles. The molecule has 2 atom stereocenters. The number of hydrogen-bond acceptors (Lipinski definition) is 2. The lowest BCUT2D eigenvalue weighted by Gasteiger charge is -2.25. The molecule has 2 aliphatic rings. The average Bonchev–Trinajstić information content (AvgIpc) is 2.30. The summed E-state index contributed by atoms with van der Waals surface area (Å²) < 4.78 is 0. The highest BCUT2D eigenvalue weighted by Crippen LogP contribution is 2.46. The second-order valence-corrected chi connectivity index (χ2v) is 4.53. The summed E-state index contributed by atoms with van der Waals surface area (Å²) in [6.07, 6.45) is 5.39. The number of hydrogen-bond donors (Lipinski definition) is 0. The zero-order valence-electron chi connectivity index (χ0n) is 8.14. The third-order valence-corrected chi connectivity index (χ3v) is 3.90. The van der Waals surface area contributed by atoms with E-state index in [0.29, 0.717) is 18.8 Å². The highest BCUT2D eigenvalue weighted by molar-refractivity contribution is 6.08. The molecule has 0 spiro atoms. The number of Topliss-reactive ketones (excluding diaryl/α,β-unsaturated/α-hetero) is 2. The molecule has 2 saturated carbocycles. The minimum atomic E-state index is -0.587. The highest BCUT2D eigenvalue weighted by Gasteiger charge is 2.51. The summed E-state index contributed by atoms with van der Waals surface area (Å²) in [6.45, 7) is 1.88. The zero-order valence-corrected chi connectivity index (χ0v) is 8.14. The smallest absolute Gasteiger partial charge is 0.146 e. The van der Waals surface area contributed by atoms with Gasteiger partial charge in [0.1, 0.15) is 11.6 Å². The second kappa shape index (κ2) is 2.93. The molecule has 2 fully saturated rings. The summed E-state index contributed by atoms with van der Waals surface area (Å²) in [4.78, 5) is 23.5. The van der Waals surface area contributed by atoms with E-state index >= 15 is 0 Å². The van der Waals surface area contributed by atoms with Crippen LogP contribution in [-0.2, 0) is 9.59 Å². The molecule has 2 aliphatic carbocycles. The van der Waals surface area contributed by atoms with Gasteiger partial charge in [-0.05, 0) is 32.1 Å². The van der Waals surface area contributed by atoms with Crippen LogP contribution in [0.15, 0.2) is 0 Å². The summed E-state index contributed by atoms with van der Waals surface area (Å²) in [7, 11) is 0. The van der Waals surface area contributed by atoms with E-state index in [-0.39, 0.29) is 11.6 Å². The van der Waals surface area contributed by atoms with Crippen LogP contribution in [0, 0.1) is 11.3 Å². The molecule has 0 aromatic rings. The third-order valence-electron chi connectivity index (χ3n) is 3.90. The third kappa shape index (κ3) is 1.15. The molecule has 2 heteroatoms. The van der Waals surface area contributed by atoms with Crippen LogP contribution in [0.3, 0.4) is 0 Å². The van der Waals surface area contributed by atoms with E-state index in [1.165, 1.54) is 0 Å². The number of fused-ring (bicyclic) bond motifs is 1. The van der Waals surface area contributed by atoms with Gasteiger partial charge in [0, 0.05) is 12.8 Å². The first kappa shape index (κ1) is 8.92. The van der Waals surface area contributed by atoms with Crippen molar-refractivity contribution in [1.82, 2.24) is 0 Å². The van der Waals surface area contributed by atoms with Gasteiger partial charge < -0.3 is 0 Å². The van der Waals surface area contributed by atoms with E-state index in [9.17, 15) is 9.59 Å². The van der Waals surface area contributed by atoms with Crippen molar-refractivity contribution >= 4 is 11.6 Å². The van der Waals surface area contributed by atoms with E-state index < -0.39 is 5.41 Å². The van der Waals surface area contributed by atoms with Crippen LogP contribution < -0.4 is 0 Å². The number of carbonyl (C=O) groups is 2. The quantitative estimate of drug-likeness (QED) is 0.535. The number of rotatable bonds is 0. The molecule has 0 radical (unpaired) electrons. The monoisotopic (exact) mass is 180 g/mol. The SMILES string of the molecule is C[C@]12C(=O)CCCC[C@H]1CCC2=O. The Labute approximate surface area is 78.7 Å². The first-order valence-corrected chi connectivity index (χ1v) is 5.22. The van der Waals surface area contributed by atoms with Crippen molar-refractivity contribution in [2.45, 2.75) is 45.4 Å². The largest absolute Gasteiger partial charge is 0.299 e. The fraction of sp³-hybridized carbons (Fsp3) is 0.818. The van der Waals surface area contributed by atoms with E-state index in [4.69, 9.17) is 0 Å². The van der Waals surface area contributed by atoms with Crippen molar-refractivity contribution in [3.05, 3.63) is 0 Å². The normalized spacial score (nSPS) is 40.2. The first-order chi connectivity index (χ1) is 6.15. The van der Waals surface area contributed by atoms with Gasteiger partial charge in [0.15, 0.2) is 0 Å². The van der Waals surface area contributed by atoms with Crippen molar-refractivity contribution in [3.8, 4) is 0 Å². The van der Waals surface area contributed by atoms with Crippen molar-refractivity contribution in [2.75, 3.05) is 0 Å². The van der Waals surface area contributed by atoms with E-state index in [0.717, 1.165) is 25.7 Å². The molecule has 0 heterocycles. The van der Waals surface area contributed by atoms with Crippen LogP contribution in [-0.4, -0.2) is 11.6 Å². The molecule has 2 nitrogen and oxygen atoms in total. The first-order valence-electron chi connectivity index (χ1n) is 5.22. The zero-order chi connectivity index (χ0) is 9.47. The molecular weight excluding hydrogens is 164 g/mol. The van der Waals surface area contributed by atoms with Gasteiger partial charge >= 0.3 is 0 Å².